The van der Waals surface area contributed by atoms with E-state index in [1.165, 1.54) is 16.8 Å². The van der Waals surface area contributed by atoms with Gasteiger partial charge in [0.05, 0.1) is 15.5 Å². The van der Waals surface area contributed by atoms with E-state index in [0.717, 1.165) is 16.6 Å². The Hall–Kier alpha value is -2.88. The van der Waals surface area contributed by atoms with Gasteiger partial charge in [0.2, 0.25) is 10.0 Å². The standard InChI is InChI=1S/C17H14ClN6O2S/c18-11-4-5-14-15(6-7-20-16(14)8-11)21-17-10-24(23-22-17)12-2-1-3-13(9-12)27(19,25)26/h1-10,17H,(H,20,21)(H2,19,25,26)/q+1. The fourth-order valence-electron chi connectivity index (χ4n) is 2.72. The molecule has 1 aliphatic heterocycles. The molecule has 0 saturated carbocycles. The summed E-state index contributed by atoms with van der Waals surface area (Å²) in [5.41, 5.74) is 2.14. The number of aromatic nitrogens is 1. The molecule has 4 rings (SSSR count). The Balaban J connectivity index is 1.62. The number of nitrogens with one attached hydrogen (secondary N) is 1. The van der Waals surface area contributed by atoms with Crippen LogP contribution in [0.25, 0.3) is 10.9 Å². The van der Waals surface area contributed by atoms with Crippen LogP contribution in [0.2, 0.25) is 5.02 Å². The molecule has 27 heavy (non-hydrogen) atoms. The second kappa shape index (κ2) is 6.69. The predicted octanol–water partition coefficient (Wildman–Crippen LogP) is 3.07. The van der Waals surface area contributed by atoms with Gasteiger partial charge in [-0.3, -0.25) is 4.98 Å². The number of halogens is 1. The van der Waals surface area contributed by atoms with E-state index in [0.29, 0.717) is 10.7 Å². The van der Waals surface area contributed by atoms with Gasteiger partial charge in [0, 0.05) is 28.4 Å². The van der Waals surface area contributed by atoms with E-state index in [-0.39, 0.29) is 4.90 Å². The maximum Gasteiger partial charge on any atom is 0.294 e. The molecular weight excluding hydrogens is 388 g/mol. The van der Waals surface area contributed by atoms with Crippen molar-refractivity contribution < 1.29 is 13.1 Å². The molecule has 0 fully saturated rings. The first-order chi connectivity index (χ1) is 12.9. The molecule has 3 aromatic rings. The van der Waals surface area contributed by atoms with Gasteiger partial charge in [0.25, 0.3) is 6.17 Å². The first-order valence-corrected chi connectivity index (χ1v) is 9.81. The molecule has 2 aromatic carbocycles. The Morgan fingerprint density at radius 1 is 1.15 bits per heavy atom. The van der Waals surface area contributed by atoms with Crippen LogP contribution >= 0.6 is 11.6 Å². The van der Waals surface area contributed by atoms with Crippen molar-refractivity contribution in [2.75, 3.05) is 5.32 Å². The lowest BCUT2D eigenvalue weighted by Gasteiger charge is -2.07. The Labute approximate surface area is 160 Å². The highest BCUT2D eigenvalue weighted by Crippen LogP contribution is 2.26. The van der Waals surface area contributed by atoms with E-state index < -0.39 is 16.2 Å². The number of fused-ring (bicyclic) bond motifs is 1. The molecule has 2 heterocycles. The molecule has 1 atom stereocenters. The summed E-state index contributed by atoms with van der Waals surface area (Å²) in [6, 6.07) is 13.5. The van der Waals surface area contributed by atoms with Gasteiger partial charge in [-0.2, -0.15) is 0 Å². The average molecular weight is 402 g/mol. The highest BCUT2D eigenvalue weighted by atomic mass is 35.5. The first kappa shape index (κ1) is 17.5. The summed E-state index contributed by atoms with van der Waals surface area (Å²) >= 11 is 6.01. The van der Waals surface area contributed by atoms with Crippen molar-refractivity contribution in [3.8, 4) is 0 Å². The summed E-state index contributed by atoms with van der Waals surface area (Å²) in [6.45, 7) is 0. The number of hydrogen-bond acceptors (Lipinski definition) is 6. The molecule has 3 N–H and O–H groups in total. The topological polar surface area (TPSA) is 113 Å². The third-order valence-corrected chi connectivity index (χ3v) is 5.12. The lowest BCUT2D eigenvalue weighted by molar-refractivity contribution is -0.444. The maximum absolute atomic E-state index is 11.5. The zero-order valence-electron chi connectivity index (χ0n) is 13.8. The Kier molecular flexibility index (Phi) is 4.34. The Bertz CT molecular complexity index is 1210. The summed E-state index contributed by atoms with van der Waals surface area (Å²) in [7, 11) is -3.79. The minimum atomic E-state index is -3.79. The van der Waals surface area contributed by atoms with Crippen molar-refractivity contribution in [3.05, 3.63) is 59.8 Å². The Morgan fingerprint density at radius 2 is 2.00 bits per heavy atom. The summed E-state index contributed by atoms with van der Waals surface area (Å²) in [5.74, 6) is 0. The molecule has 0 amide bonds. The van der Waals surface area contributed by atoms with Gasteiger partial charge in [-0.05, 0) is 36.4 Å². The number of nitrogens with two attached hydrogens (primary N) is 1. The molecule has 0 bridgehead atoms. The molecule has 1 aliphatic rings. The van der Waals surface area contributed by atoms with Gasteiger partial charge in [-0.1, -0.05) is 17.7 Å². The minimum absolute atomic E-state index is 0.0111. The maximum atomic E-state index is 11.5. The van der Waals surface area contributed by atoms with Crippen molar-refractivity contribution in [2.24, 2.45) is 15.5 Å². The molecule has 1 unspecified atom stereocenters. The number of sulfonamides is 1. The van der Waals surface area contributed by atoms with Crippen LogP contribution in [0.15, 0.2) is 70.0 Å². The van der Waals surface area contributed by atoms with Crippen LogP contribution in [-0.4, -0.2) is 30.5 Å². The van der Waals surface area contributed by atoms with Crippen LogP contribution < -0.4 is 10.5 Å². The van der Waals surface area contributed by atoms with E-state index in [1.807, 2.05) is 12.1 Å². The number of primary sulfonamides is 1. The van der Waals surface area contributed by atoms with Gasteiger partial charge in [-0.15, -0.1) is 4.68 Å². The van der Waals surface area contributed by atoms with Gasteiger partial charge in [-0.25, -0.2) is 13.6 Å². The summed E-state index contributed by atoms with van der Waals surface area (Å²) < 4.78 is 24.5. The van der Waals surface area contributed by atoms with Crippen molar-refractivity contribution in [2.45, 2.75) is 11.1 Å². The third-order valence-electron chi connectivity index (χ3n) is 3.97. The van der Waals surface area contributed by atoms with Crippen molar-refractivity contribution in [1.29, 1.82) is 0 Å². The van der Waals surface area contributed by atoms with Gasteiger partial charge in [0.15, 0.2) is 11.9 Å². The third kappa shape index (κ3) is 3.65. The number of rotatable bonds is 4. The van der Waals surface area contributed by atoms with Crippen molar-refractivity contribution >= 4 is 50.1 Å². The lowest BCUT2D eigenvalue weighted by atomic mass is 10.2. The van der Waals surface area contributed by atoms with E-state index in [4.69, 9.17) is 16.7 Å². The monoisotopic (exact) mass is 401 g/mol. The summed E-state index contributed by atoms with van der Waals surface area (Å²) in [6.07, 6.45) is 2.98. The fourth-order valence-corrected chi connectivity index (χ4v) is 3.44. The number of benzene rings is 2. The van der Waals surface area contributed by atoms with Crippen LogP contribution in [0.3, 0.4) is 0 Å². The normalized spacial score (nSPS) is 16.5. The van der Waals surface area contributed by atoms with Crippen molar-refractivity contribution in [1.82, 2.24) is 4.98 Å². The fraction of sp³-hybridized carbons (Fsp3) is 0.0588. The molecule has 0 spiro atoms. The highest BCUT2D eigenvalue weighted by Gasteiger charge is 2.24. The lowest BCUT2D eigenvalue weighted by Crippen LogP contribution is -2.18. The molecule has 0 aliphatic carbocycles. The zero-order chi connectivity index (χ0) is 19.0. The van der Waals surface area contributed by atoms with Gasteiger partial charge >= 0.3 is 0 Å². The van der Waals surface area contributed by atoms with Crippen LogP contribution in [-0.2, 0) is 10.0 Å². The SMILES string of the molecule is NS(=O)(=O)c1cccc([N+]2=CC(Nc3ccnc4cc(Cl)ccc34)N=N2)c1. The molecule has 0 radical (unpaired) electrons. The predicted molar refractivity (Wildman–Crippen MR) is 103 cm³/mol. The van der Waals surface area contributed by atoms with Crippen LogP contribution in [0.4, 0.5) is 11.4 Å². The smallest absolute Gasteiger partial charge is 0.294 e. The molecule has 136 valence electrons. The Morgan fingerprint density at radius 3 is 2.81 bits per heavy atom. The molecule has 10 heteroatoms. The molecule has 1 aromatic heterocycles. The number of hydrogen-bond donors (Lipinski definition) is 2. The van der Waals surface area contributed by atoms with Crippen LogP contribution in [0.5, 0.6) is 0 Å². The van der Waals surface area contributed by atoms with Crippen LogP contribution in [0, 0.1) is 0 Å². The van der Waals surface area contributed by atoms with Crippen LogP contribution in [0.1, 0.15) is 0 Å². The first-order valence-electron chi connectivity index (χ1n) is 7.89. The summed E-state index contributed by atoms with van der Waals surface area (Å²) in [5, 5.41) is 18.2. The van der Waals surface area contributed by atoms with E-state index in [1.54, 1.807) is 36.7 Å². The minimum Gasteiger partial charge on any atom is -0.335 e. The van der Waals surface area contributed by atoms with E-state index in [2.05, 4.69) is 20.6 Å². The molecular formula is C17H14ClN6O2S+. The van der Waals surface area contributed by atoms with Crippen molar-refractivity contribution in [3.63, 3.8) is 0 Å². The number of pyridine rings is 1. The molecule has 0 saturated heterocycles. The largest absolute Gasteiger partial charge is 0.335 e. The highest BCUT2D eigenvalue weighted by molar-refractivity contribution is 7.89. The van der Waals surface area contributed by atoms with Gasteiger partial charge < -0.3 is 5.32 Å². The number of nitrogens with zero attached hydrogens (tertiary/aromatic N) is 4. The quantitative estimate of drug-likeness (QED) is 0.654. The second-order valence-electron chi connectivity index (χ2n) is 5.85. The van der Waals surface area contributed by atoms with E-state index >= 15 is 0 Å². The number of anilines is 1. The summed E-state index contributed by atoms with van der Waals surface area (Å²) in [4.78, 5) is 4.32. The van der Waals surface area contributed by atoms with Gasteiger partial charge in [0.1, 0.15) is 5.22 Å². The second-order valence-corrected chi connectivity index (χ2v) is 7.85. The van der Waals surface area contributed by atoms with E-state index in [9.17, 15) is 8.42 Å². The molecule has 8 nitrogen and oxygen atoms in total. The average Bonchev–Trinajstić information content (AvgIpc) is 3.10. The zero-order valence-corrected chi connectivity index (χ0v) is 15.4.